The molecule has 2 rings (SSSR count). The average molecular weight is 289 g/mol. The van der Waals surface area contributed by atoms with Gasteiger partial charge in [-0.1, -0.05) is 0 Å². The van der Waals surface area contributed by atoms with E-state index in [1.54, 1.807) is 31.4 Å². The summed E-state index contributed by atoms with van der Waals surface area (Å²) >= 11 is 0. The van der Waals surface area contributed by atoms with Crippen LogP contribution >= 0.6 is 0 Å². The third-order valence-electron chi connectivity index (χ3n) is 2.56. The zero-order chi connectivity index (χ0) is 15.1. The van der Waals surface area contributed by atoms with Crippen LogP contribution < -0.4 is 19.5 Å². The lowest BCUT2D eigenvalue weighted by molar-refractivity contribution is -0.118. The van der Waals surface area contributed by atoms with Crippen molar-refractivity contribution >= 4 is 11.6 Å². The van der Waals surface area contributed by atoms with Gasteiger partial charge in [0.1, 0.15) is 11.5 Å². The van der Waals surface area contributed by atoms with E-state index in [1.807, 2.05) is 0 Å². The van der Waals surface area contributed by atoms with Gasteiger partial charge in [0.2, 0.25) is 0 Å². The van der Waals surface area contributed by atoms with E-state index in [0.29, 0.717) is 17.2 Å². The maximum Gasteiger partial charge on any atom is 0.316 e. The molecule has 0 fully saturated rings. The molecule has 0 spiro atoms. The summed E-state index contributed by atoms with van der Waals surface area (Å²) in [6, 6.07) is 6.91. The fourth-order valence-corrected chi connectivity index (χ4v) is 1.59. The molecule has 0 saturated heterocycles. The molecular formula is C14H15N3O4. The predicted octanol–water partition coefficient (Wildman–Crippen LogP) is 1.51. The average Bonchev–Trinajstić information content (AvgIpc) is 2.54. The van der Waals surface area contributed by atoms with E-state index < -0.39 is 0 Å². The molecule has 0 atom stereocenters. The van der Waals surface area contributed by atoms with Gasteiger partial charge >= 0.3 is 6.01 Å². The zero-order valence-corrected chi connectivity index (χ0v) is 11.7. The van der Waals surface area contributed by atoms with Crippen LogP contribution in [0.2, 0.25) is 0 Å². The highest BCUT2D eigenvalue weighted by Gasteiger charge is 2.10. The molecule has 0 radical (unpaired) electrons. The van der Waals surface area contributed by atoms with E-state index in [9.17, 15) is 4.79 Å². The van der Waals surface area contributed by atoms with Crippen LogP contribution in [0.1, 0.15) is 0 Å². The van der Waals surface area contributed by atoms with Gasteiger partial charge in [-0.15, -0.1) is 0 Å². The number of carbonyl (C=O) groups is 1. The Labute approximate surface area is 121 Å². The van der Waals surface area contributed by atoms with E-state index in [-0.39, 0.29) is 18.5 Å². The van der Waals surface area contributed by atoms with Gasteiger partial charge in [-0.3, -0.25) is 4.79 Å². The number of methoxy groups -OCH3 is 2. The van der Waals surface area contributed by atoms with Crippen LogP contribution in [0.5, 0.6) is 17.5 Å². The van der Waals surface area contributed by atoms with Crippen molar-refractivity contribution in [1.82, 2.24) is 9.97 Å². The number of carbonyl (C=O) groups excluding carboxylic acids is 1. The lowest BCUT2D eigenvalue weighted by Crippen LogP contribution is -2.21. The van der Waals surface area contributed by atoms with Crippen LogP contribution in [0, 0.1) is 0 Å². The minimum Gasteiger partial charge on any atom is -0.497 e. The SMILES string of the molecule is COc1ccc(OC)c(NC(=O)COc2ncccn2)c1. The minimum absolute atomic E-state index is 0.144. The van der Waals surface area contributed by atoms with Crippen molar-refractivity contribution in [2.24, 2.45) is 0 Å². The summed E-state index contributed by atoms with van der Waals surface area (Å²) < 4.78 is 15.4. The number of nitrogens with one attached hydrogen (secondary N) is 1. The molecular weight excluding hydrogens is 274 g/mol. The summed E-state index contributed by atoms with van der Waals surface area (Å²) in [5.74, 6) is 0.785. The fraction of sp³-hybridized carbons (Fsp3) is 0.214. The summed E-state index contributed by atoms with van der Waals surface area (Å²) in [7, 11) is 3.06. The largest absolute Gasteiger partial charge is 0.497 e. The van der Waals surface area contributed by atoms with Gasteiger partial charge < -0.3 is 19.5 Å². The first-order valence-electron chi connectivity index (χ1n) is 6.14. The van der Waals surface area contributed by atoms with Crippen molar-refractivity contribution < 1.29 is 19.0 Å². The third kappa shape index (κ3) is 4.07. The van der Waals surface area contributed by atoms with Crippen molar-refractivity contribution in [3.8, 4) is 17.5 Å². The molecule has 0 aliphatic rings. The lowest BCUT2D eigenvalue weighted by atomic mass is 10.2. The Morgan fingerprint density at radius 2 is 1.95 bits per heavy atom. The van der Waals surface area contributed by atoms with Crippen LogP contribution in [0.3, 0.4) is 0 Å². The number of nitrogens with zero attached hydrogens (tertiary/aromatic N) is 2. The topological polar surface area (TPSA) is 82.6 Å². The monoisotopic (exact) mass is 289 g/mol. The molecule has 21 heavy (non-hydrogen) atoms. The van der Waals surface area contributed by atoms with E-state index in [4.69, 9.17) is 14.2 Å². The Hall–Kier alpha value is -2.83. The Kier molecular flexibility index (Phi) is 4.92. The molecule has 0 aliphatic carbocycles. The molecule has 1 aromatic heterocycles. The summed E-state index contributed by atoms with van der Waals surface area (Å²) in [6.45, 7) is -0.204. The zero-order valence-electron chi connectivity index (χ0n) is 11.7. The van der Waals surface area contributed by atoms with Crippen LogP contribution in [0.4, 0.5) is 5.69 Å². The first kappa shape index (κ1) is 14.6. The summed E-state index contributed by atoms with van der Waals surface area (Å²) in [5, 5.41) is 2.68. The number of hydrogen-bond donors (Lipinski definition) is 1. The van der Waals surface area contributed by atoms with Gasteiger partial charge in [-0.25, -0.2) is 9.97 Å². The Bertz CT molecular complexity index is 604. The molecule has 7 heteroatoms. The maximum atomic E-state index is 11.9. The van der Waals surface area contributed by atoms with Crippen molar-refractivity contribution in [1.29, 1.82) is 0 Å². The first-order valence-corrected chi connectivity index (χ1v) is 6.14. The second kappa shape index (κ2) is 7.09. The van der Waals surface area contributed by atoms with Crippen molar-refractivity contribution in [2.45, 2.75) is 0 Å². The van der Waals surface area contributed by atoms with Gasteiger partial charge in [0.05, 0.1) is 19.9 Å². The van der Waals surface area contributed by atoms with Gasteiger partial charge in [0.15, 0.2) is 6.61 Å². The quantitative estimate of drug-likeness (QED) is 0.868. The number of amides is 1. The number of ether oxygens (including phenoxy) is 3. The van der Waals surface area contributed by atoms with E-state index in [1.165, 1.54) is 19.5 Å². The van der Waals surface area contributed by atoms with E-state index in [2.05, 4.69) is 15.3 Å². The molecule has 0 bridgehead atoms. The second-order valence-corrected chi connectivity index (χ2v) is 3.93. The summed E-state index contributed by atoms with van der Waals surface area (Å²) in [5.41, 5.74) is 0.499. The number of hydrogen-bond acceptors (Lipinski definition) is 6. The molecule has 2 aromatic rings. The van der Waals surface area contributed by atoms with Gasteiger partial charge in [0.25, 0.3) is 5.91 Å². The molecule has 1 heterocycles. The van der Waals surface area contributed by atoms with Crippen LogP contribution in [-0.4, -0.2) is 36.7 Å². The normalized spacial score (nSPS) is 9.81. The molecule has 7 nitrogen and oxygen atoms in total. The molecule has 1 N–H and O–H groups in total. The van der Waals surface area contributed by atoms with Crippen LogP contribution in [-0.2, 0) is 4.79 Å². The number of rotatable bonds is 6. The summed E-state index contributed by atoms with van der Waals surface area (Å²) in [4.78, 5) is 19.6. The van der Waals surface area contributed by atoms with Crippen LogP contribution in [0.15, 0.2) is 36.7 Å². The Morgan fingerprint density at radius 3 is 2.62 bits per heavy atom. The molecule has 0 aliphatic heterocycles. The lowest BCUT2D eigenvalue weighted by Gasteiger charge is -2.11. The van der Waals surface area contributed by atoms with E-state index in [0.717, 1.165) is 0 Å². The third-order valence-corrected chi connectivity index (χ3v) is 2.56. The van der Waals surface area contributed by atoms with Gasteiger partial charge in [-0.2, -0.15) is 0 Å². The molecule has 1 amide bonds. The molecule has 110 valence electrons. The number of anilines is 1. The second-order valence-electron chi connectivity index (χ2n) is 3.93. The van der Waals surface area contributed by atoms with Crippen LogP contribution in [0.25, 0.3) is 0 Å². The highest BCUT2D eigenvalue weighted by molar-refractivity contribution is 5.93. The van der Waals surface area contributed by atoms with Crippen molar-refractivity contribution in [3.63, 3.8) is 0 Å². The molecule has 0 saturated carbocycles. The highest BCUT2D eigenvalue weighted by atomic mass is 16.5. The number of benzene rings is 1. The van der Waals surface area contributed by atoms with Gasteiger partial charge in [-0.05, 0) is 18.2 Å². The minimum atomic E-state index is -0.353. The Morgan fingerprint density at radius 1 is 1.19 bits per heavy atom. The van der Waals surface area contributed by atoms with Gasteiger partial charge in [0, 0.05) is 18.5 Å². The maximum absolute atomic E-state index is 11.9. The summed E-state index contributed by atoms with van der Waals surface area (Å²) in [6.07, 6.45) is 3.07. The number of aromatic nitrogens is 2. The smallest absolute Gasteiger partial charge is 0.316 e. The Balaban J connectivity index is 1.99. The standard InChI is InChI=1S/C14H15N3O4/c1-19-10-4-5-12(20-2)11(8-10)17-13(18)9-21-14-15-6-3-7-16-14/h3-8H,9H2,1-2H3,(H,17,18). The van der Waals surface area contributed by atoms with Crippen molar-refractivity contribution in [3.05, 3.63) is 36.7 Å². The molecule has 0 unspecified atom stereocenters. The van der Waals surface area contributed by atoms with Crippen molar-refractivity contribution in [2.75, 3.05) is 26.1 Å². The molecule has 1 aromatic carbocycles. The predicted molar refractivity (Wildman–Crippen MR) is 75.7 cm³/mol. The fourth-order valence-electron chi connectivity index (χ4n) is 1.59. The van der Waals surface area contributed by atoms with E-state index >= 15 is 0 Å². The first-order chi connectivity index (χ1) is 10.2. The highest BCUT2D eigenvalue weighted by Crippen LogP contribution is 2.28.